The van der Waals surface area contributed by atoms with Gasteiger partial charge in [0.05, 0.1) is 13.2 Å². The number of ether oxygens (including phenoxy) is 1. The molecule has 1 unspecified atom stereocenters. The number of guanidine groups is 1. The number of nitrogens with zero attached hydrogens (tertiary/aromatic N) is 3. The Morgan fingerprint density at radius 1 is 1.28 bits per heavy atom. The van der Waals surface area contributed by atoms with Crippen LogP contribution in [0.4, 0.5) is 0 Å². The van der Waals surface area contributed by atoms with Crippen molar-refractivity contribution < 1.29 is 4.74 Å². The van der Waals surface area contributed by atoms with Crippen molar-refractivity contribution in [1.29, 1.82) is 0 Å². The van der Waals surface area contributed by atoms with Crippen molar-refractivity contribution in [2.75, 3.05) is 46.9 Å². The second-order valence-electron chi connectivity index (χ2n) is 7.65. The Hall–Kier alpha value is -1.59. The van der Waals surface area contributed by atoms with Gasteiger partial charge in [0.25, 0.3) is 0 Å². The van der Waals surface area contributed by atoms with Crippen molar-refractivity contribution in [3.05, 3.63) is 35.4 Å². The van der Waals surface area contributed by atoms with E-state index >= 15 is 0 Å². The lowest BCUT2D eigenvalue weighted by molar-refractivity contribution is 0.156. The van der Waals surface area contributed by atoms with E-state index in [2.05, 4.69) is 60.4 Å². The third kappa shape index (κ3) is 4.53. The van der Waals surface area contributed by atoms with Crippen LogP contribution in [0, 0.1) is 5.41 Å². The fourth-order valence-electron chi connectivity index (χ4n) is 3.88. The molecule has 1 aromatic rings. The third-order valence-corrected chi connectivity index (χ3v) is 5.26. The lowest BCUT2D eigenvalue weighted by Crippen LogP contribution is -2.41. The lowest BCUT2D eigenvalue weighted by atomic mass is 9.87. The van der Waals surface area contributed by atoms with E-state index in [1.54, 1.807) is 0 Å². The van der Waals surface area contributed by atoms with Gasteiger partial charge in [-0.05, 0) is 45.0 Å². The lowest BCUT2D eigenvalue weighted by Gasteiger charge is -2.25. The van der Waals surface area contributed by atoms with Gasteiger partial charge in [-0.25, -0.2) is 4.99 Å². The first kappa shape index (κ1) is 18.2. The van der Waals surface area contributed by atoms with Crippen molar-refractivity contribution in [3.8, 4) is 0 Å². The summed E-state index contributed by atoms with van der Waals surface area (Å²) in [5.41, 5.74) is 3.03. The average molecular weight is 345 g/mol. The first-order chi connectivity index (χ1) is 12.1. The van der Waals surface area contributed by atoms with Gasteiger partial charge in [0.1, 0.15) is 0 Å². The fourth-order valence-corrected chi connectivity index (χ4v) is 3.88. The second-order valence-corrected chi connectivity index (χ2v) is 7.65. The van der Waals surface area contributed by atoms with Crippen LogP contribution in [-0.2, 0) is 17.8 Å². The van der Waals surface area contributed by atoms with Crippen LogP contribution in [-0.4, -0.2) is 62.7 Å². The maximum absolute atomic E-state index is 5.66. The van der Waals surface area contributed by atoms with Gasteiger partial charge in [-0.3, -0.25) is 0 Å². The number of aliphatic imine (C=N–C) groups is 1. The molecule has 5 heteroatoms. The summed E-state index contributed by atoms with van der Waals surface area (Å²) in [5.74, 6) is 1.05. The Morgan fingerprint density at radius 3 is 2.76 bits per heavy atom. The van der Waals surface area contributed by atoms with Gasteiger partial charge in [0.2, 0.25) is 0 Å². The van der Waals surface area contributed by atoms with Crippen LogP contribution in [0.2, 0.25) is 0 Å². The number of nitrogens with one attached hydrogen (secondary N) is 1. The molecule has 0 bridgehead atoms. The van der Waals surface area contributed by atoms with Crippen LogP contribution < -0.4 is 5.32 Å². The van der Waals surface area contributed by atoms with Gasteiger partial charge in [-0.1, -0.05) is 24.3 Å². The standard InChI is InChI=1S/C20H32N4O/c1-4-21-19(24-11-9-20(15-24)10-12-25-16-20)22-13-17-7-5-6-8-18(17)14-23(2)3/h5-8H,4,9-16H2,1-3H3,(H,21,22). The Bertz CT molecular complexity index is 593. The second kappa shape index (κ2) is 8.19. The molecule has 1 N–H and O–H groups in total. The molecule has 2 heterocycles. The summed E-state index contributed by atoms with van der Waals surface area (Å²) in [6.07, 6.45) is 2.41. The zero-order valence-corrected chi connectivity index (χ0v) is 15.9. The summed E-state index contributed by atoms with van der Waals surface area (Å²) in [4.78, 5) is 9.59. The molecule has 25 heavy (non-hydrogen) atoms. The number of rotatable bonds is 5. The topological polar surface area (TPSA) is 40.1 Å². The molecule has 0 aliphatic carbocycles. The van der Waals surface area contributed by atoms with Crippen molar-refractivity contribution in [1.82, 2.24) is 15.1 Å². The Balaban J connectivity index is 1.71. The van der Waals surface area contributed by atoms with Gasteiger partial charge in [0.15, 0.2) is 5.96 Å². The summed E-state index contributed by atoms with van der Waals surface area (Å²) in [6, 6.07) is 8.62. The third-order valence-electron chi connectivity index (χ3n) is 5.26. The molecule has 0 aromatic heterocycles. The molecule has 2 aliphatic rings. The van der Waals surface area contributed by atoms with E-state index < -0.39 is 0 Å². The highest BCUT2D eigenvalue weighted by molar-refractivity contribution is 5.80. The molecule has 5 nitrogen and oxygen atoms in total. The van der Waals surface area contributed by atoms with Gasteiger partial charge in [-0.2, -0.15) is 0 Å². The van der Waals surface area contributed by atoms with E-state index in [9.17, 15) is 0 Å². The quantitative estimate of drug-likeness (QED) is 0.657. The zero-order chi connectivity index (χ0) is 17.7. The number of likely N-dealkylation sites (tertiary alicyclic amines) is 1. The van der Waals surface area contributed by atoms with Crippen LogP contribution in [0.25, 0.3) is 0 Å². The first-order valence-electron chi connectivity index (χ1n) is 9.44. The van der Waals surface area contributed by atoms with Crippen molar-refractivity contribution in [2.45, 2.75) is 32.9 Å². The molecule has 138 valence electrons. The van der Waals surface area contributed by atoms with Crippen molar-refractivity contribution in [2.24, 2.45) is 10.4 Å². The molecule has 1 spiro atoms. The minimum atomic E-state index is 0.360. The summed E-state index contributed by atoms with van der Waals surface area (Å²) in [7, 11) is 4.22. The maximum atomic E-state index is 5.66. The normalized spacial score (nSPS) is 23.8. The van der Waals surface area contributed by atoms with Crippen LogP contribution in [0.15, 0.2) is 29.3 Å². The molecule has 0 amide bonds. The number of hydrogen-bond acceptors (Lipinski definition) is 3. The van der Waals surface area contributed by atoms with E-state index in [0.29, 0.717) is 5.41 Å². The molecular weight excluding hydrogens is 312 g/mol. The van der Waals surface area contributed by atoms with Crippen molar-refractivity contribution >= 4 is 5.96 Å². The zero-order valence-electron chi connectivity index (χ0n) is 15.9. The smallest absolute Gasteiger partial charge is 0.194 e. The first-order valence-corrected chi connectivity index (χ1v) is 9.44. The summed E-state index contributed by atoms with van der Waals surface area (Å²) >= 11 is 0. The van der Waals surface area contributed by atoms with Crippen LogP contribution in [0.5, 0.6) is 0 Å². The van der Waals surface area contributed by atoms with E-state index in [1.807, 2.05) is 0 Å². The van der Waals surface area contributed by atoms with E-state index in [0.717, 1.165) is 51.9 Å². The van der Waals surface area contributed by atoms with Crippen LogP contribution in [0.1, 0.15) is 30.9 Å². The number of benzene rings is 1. The Kier molecular flexibility index (Phi) is 5.97. The molecular formula is C20H32N4O. The van der Waals surface area contributed by atoms with Gasteiger partial charge in [-0.15, -0.1) is 0 Å². The van der Waals surface area contributed by atoms with Gasteiger partial charge >= 0.3 is 0 Å². The molecule has 0 saturated carbocycles. The molecule has 3 rings (SSSR count). The fraction of sp³-hybridized carbons (Fsp3) is 0.650. The predicted octanol–water partition coefficient (Wildman–Crippen LogP) is 2.33. The van der Waals surface area contributed by atoms with E-state index in [-0.39, 0.29) is 0 Å². The predicted molar refractivity (Wildman–Crippen MR) is 103 cm³/mol. The molecule has 1 atom stereocenters. The number of hydrogen-bond donors (Lipinski definition) is 1. The van der Waals surface area contributed by atoms with E-state index in [1.165, 1.54) is 24.0 Å². The minimum absolute atomic E-state index is 0.360. The molecule has 1 aromatic carbocycles. The molecule has 0 radical (unpaired) electrons. The molecule has 2 saturated heterocycles. The maximum Gasteiger partial charge on any atom is 0.194 e. The largest absolute Gasteiger partial charge is 0.381 e. The summed E-state index contributed by atoms with van der Waals surface area (Å²) in [6.45, 7) is 8.69. The summed E-state index contributed by atoms with van der Waals surface area (Å²) < 4.78 is 5.66. The highest BCUT2D eigenvalue weighted by Gasteiger charge is 2.42. The average Bonchev–Trinajstić information content (AvgIpc) is 3.22. The van der Waals surface area contributed by atoms with Crippen molar-refractivity contribution in [3.63, 3.8) is 0 Å². The highest BCUT2D eigenvalue weighted by Crippen LogP contribution is 2.38. The monoisotopic (exact) mass is 344 g/mol. The highest BCUT2D eigenvalue weighted by atomic mass is 16.5. The Morgan fingerprint density at radius 2 is 2.08 bits per heavy atom. The SMILES string of the molecule is CCNC(=NCc1ccccc1CN(C)C)N1CCC2(CCOC2)C1. The van der Waals surface area contributed by atoms with Crippen LogP contribution >= 0.6 is 0 Å². The summed E-state index contributed by atoms with van der Waals surface area (Å²) in [5, 5.41) is 3.49. The Labute approximate surface area is 152 Å². The van der Waals surface area contributed by atoms with Gasteiger partial charge in [0, 0.05) is 38.2 Å². The van der Waals surface area contributed by atoms with Gasteiger partial charge < -0.3 is 19.9 Å². The molecule has 2 fully saturated rings. The minimum Gasteiger partial charge on any atom is -0.381 e. The van der Waals surface area contributed by atoms with Crippen LogP contribution in [0.3, 0.4) is 0 Å². The molecule has 2 aliphatic heterocycles. The van der Waals surface area contributed by atoms with E-state index in [4.69, 9.17) is 9.73 Å².